The molecule has 2 nitrogen and oxygen atoms in total. The Kier molecular flexibility index (Phi) is 9.69. The van der Waals surface area contributed by atoms with Gasteiger partial charge in [0.1, 0.15) is 0 Å². The summed E-state index contributed by atoms with van der Waals surface area (Å²) in [5, 5.41) is 6.76. The summed E-state index contributed by atoms with van der Waals surface area (Å²) in [5.74, 6) is 0. The van der Waals surface area contributed by atoms with Gasteiger partial charge < -0.3 is 9.90 Å². The van der Waals surface area contributed by atoms with E-state index in [-0.39, 0.29) is 0 Å². The van der Waals surface area contributed by atoms with Crippen molar-refractivity contribution in [3.05, 3.63) is 0 Å². The van der Waals surface area contributed by atoms with Crippen LogP contribution in [0.4, 0.5) is 0 Å². The van der Waals surface area contributed by atoms with Gasteiger partial charge in [0, 0.05) is 0 Å². The molecule has 0 aromatic carbocycles. The van der Waals surface area contributed by atoms with Gasteiger partial charge >= 0.3 is 49.6 Å². The first-order chi connectivity index (χ1) is 3.41. The first-order valence-electron chi connectivity index (χ1n) is 1.04. The standard InChI is InChI=1S/CHO2.4ClH.Mo/c2-1-3;;;;;/h(H,2,3);4*1H;/q-1;;;;;+4/p-4. The number of aliphatic hydroxyl groups excluding tert-OH is 1. The van der Waals surface area contributed by atoms with Gasteiger partial charge in [0.15, 0.2) is 0 Å². The van der Waals surface area contributed by atoms with Gasteiger partial charge in [-0.2, -0.15) is 0 Å². The summed E-state index contributed by atoms with van der Waals surface area (Å²) in [7, 11) is 20.1. The van der Waals surface area contributed by atoms with Crippen LogP contribution in [0, 0.1) is 0 Å². The maximum atomic E-state index is 8.24. The molecule has 0 radical (unpaired) electrons. The molecule has 0 saturated heterocycles. The molecular formula is CHCl4MoO2-. The van der Waals surface area contributed by atoms with Gasteiger partial charge in [0.2, 0.25) is 0 Å². The molecule has 0 aliphatic heterocycles. The molecule has 52 valence electrons. The van der Waals surface area contributed by atoms with Crippen LogP contribution >= 0.6 is 37.7 Å². The van der Waals surface area contributed by atoms with Crippen molar-refractivity contribution in [3.8, 4) is 0 Å². The number of rotatable bonds is 0. The second kappa shape index (κ2) is 6.44. The predicted octanol–water partition coefficient (Wildman–Crippen LogP) is 2.37. The fourth-order valence-electron chi connectivity index (χ4n) is 0. The Morgan fingerprint density at radius 1 is 1.25 bits per heavy atom. The molecule has 7 heteroatoms. The maximum absolute atomic E-state index is 8.24. The number of halogens is 4. The average Bonchev–Trinajstić information content (AvgIpc) is 1.27. The van der Waals surface area contributed by atoms with Crippen LogP contribution in [0.25, 0.3) is 0 Å². The van der Waals surface area contributed by atoms with Crippen molar-refractivity contribution in [1.82, 2.24) is 0 Å². The third kappa shape index (κ3) is 168. The molecule has 0 saturated carbocycles. The van der Waals surface area contributed by atoms with E-state index in [4.69, 9.17) is 47.6 Å². The summed E-state index contributed by atoms with van der Waals surface area (Å²) in [5.41, 5.74) is 0. The fraction of sp³-hybridized carbons (Fsp3) is 0. The van der Waals surface area contributed by atoms with E-state index in [9.17, 15) is 0 Å². The predicted molar refractivity (Wildman–Crippen MR) is 31.7 cm³/mol. The van der Waals surface area contributed by atoms with E-state index >= 15 is 0 Å². The summed E-state index contributed by atoms with van der Waals surface area (Å²) in [6, 6.07) is 0. The van der Waals surface area contributed by atoms with Crippen LogP contribution in [0.1, 0.15) is 0 Å². The Morgan fingerprint density at radius 2 is 1.25 bits per heavy atom. The zero-order valence-electron chi connectivity index (χ0n) is 3.28. The van der Waals surface area contributed by atoms with E-state index in [2.05, 4.69) is 0 Å². The van der Waals surface area contributed by atoms with Crippen LogP contribution in [-0.4, -0.2) is 11.6 Å². The Bertz CT molecular complexity index is 53.5. The first-order valence-corrected chi connectivity index (χ1v) is 11.4. The van der Waals surface area contributed by atoms with E-state index in [0.29, 0.717) is 6.47 Å². The Labute approximate surface area is 65.6 Å². The zero-order valence-corrected chi connectivity index (χ0v) is 8.31. The minimum absolute atomic E-state index is 0.500. The van der Waals surface area contributed by atoms with Gasteiger partial charge in [0.05, 0.1) is 0 Å². The van der Waals surface area contributed by atoms with Gasteiger partial charge in [-0.3, -0.25) is 0 Å². The zero-order chi connectivity index (χ0) is 7.21. The van der Waals surface area contributed by atoms with Crippen molar-refractivity contribution in [2.24, 2.45) is 0 Å². The first kappa shape index (κ1) is 12.0. The number of hydrogen-bond donors (Lipinski definition) is 1. The van der Waals surface area contributed by atoms with Crippen molar-refractivity contribution >= 4 is 44.1 Å². The molecule has 0 atom stereocenters. The average molecular weight is 283 g/mol. The Morgan fingerprint density at radius 3 is 1.25 bits per heavy atom. The molecule has 0 aromatic heterocycles. The van der Waals surface area contributed by atoms with Gasteiger partial charge in [-0.05, 0) is 0 Å². The molecule has 0 unspecified atom stereocenters. The summed E-state index contributed by atoms with van der Waals surface area (Å²) in [6.07, 6.45) is 0. The molecule has 0 fully saturated rings. The third-order valence-corrected chi connectivity index (χ3v) is 0. The van der Waals surface area contributed by atoms with E-state index < -0.39 is 11.9 Å². The molecule has 0 aliphatic carbocycles. The van der Waals surface area contributed by atoms with Crippen LogP contribution in [0.3, 0.4) is 0 Å². The SMILES string of the molecule is O=[C-]O.[Cl][Mo]([Cl])([Cl])[Cl]. The Hall–Kier alpha value is 1.32. The molecule has 0 aliphatic rings. The normalized spacial score (nSPS) is 11.0. The topological polar surface area (TPSA) is 37.3 Å². The molecule has 0 spiro atoms. The molecular weight excluding hydrogens is 282 g/mol. The molecule has 0 amide bonds. The van der Waals surface area contributed by atoms with E-state index in [0.717, 1.165) is 0 Å². The van der Waals surface area contributed by atoms with E-state index in [1.807, 2.05) is 0 Å². The summed E-state index contributed by atoms with van der Waals surface area (Å²) >= 11 is -3.13. The molecule has 1 N–H and O–H groups in total. The van der Waals surface area contributed by atoms with Crippen LogP contribution in [0.15, 0.2) is 0 Å². The van der Waals surface area contributed by atoms with Crippen LogP contribution in [-0.2, 0) is 16.7 Å². The monoisotopic (exact) mass is 283 g/mol. The van der Waals surface area contributed by atoms with Crippen molar-refractivity contribution in [3.63, 3.8) is 0 Å². The number of hydrogen-bond acceptors (Lipinski definition) is 1. The minimum atomic E-state index is -3.13. The van der Waals surface area contributed by atoms with Gasteiger partial charge in [-0.15, -0.1) is 0 Å². The summed E-state index contributed by atoms with van der Waals surface area (Å²) < 4.78 is 0. The van der Waals surface area contributed by atoms with E-state index in [1.54, 1.807) is 0 Å². The second-order valence-corrected chi connectivity index (χ2v) is 18.7. The van der Waals surface area contributed by atoms with Crippen molar-refractivity contribution < 1.29 is 21.8 Å². The van der Waals surface area contributed by atoms with Crippen LogP contribution in [0.2, 0.25) is 0 Å². The molecule has 0 aromatic rings. The third-order valence-electron chi connectivity index (χ3n) is 0. The summed E-state index contributed by atoms with van der Waals surface area (Å²) in [6.45, 7) is 0.500. The summed E-state index contributed by atoms with van der Waals surface area (Å²) in [4.78, 5) is 8.24. The van der Waals surface area contributed by atoms with Crippen LogP contribution < -0.4 is 0 Å². The Balaban J connectivity index is 0. The molecule has 0 bridgehead atoms. The van der Waals surface area contributed by atoms with Crippen molar-refractivity contribution in [2.75, 3.05) is 0 Å². The van der Waals surface area contributed by atoms with Crippen LogP contribution in [0.5, 0.6) is 0 Å². The second-order valence-electron chi connectivity index (χ2n) is 0.441. The molecule has 0 heterocycles. The fourth-order valence-corrected chi connectivity index (χ4v) is 0. The molecule has 0 rings (SSSR count). The van der Waals surface area contributed by atoms with Gasteiger partial charge in [0.25, 0.3) is 0 Å². The van der Waals surface area contributed by atoms with Gasteiger partial charge in [-0.1, -0.05) is 6.47 Å². The van der Waals surface area contributed by atoms with Crippen molar-refractivity contribution in [1.29, 1.82) is 0 Å². The van der Waals surface area contributed by atoms with Crippen molar-refractivity contribution in [2.45, 2.75) is 0 Å². The molecule has 8 heavy (non-hydrogen) atoms. The quantitative estimate of drug-likeness (QED) is 0.547. The van der Waals surface area contributed by atoms with E-state index in [1.165, 1.54) is 0 Å². The van der Waals surface area contributed by atoms with Gasteiger partial charge in [-0.25, -0.2) is 0 Å².